The number of hydrogen-bond acceptors (Lipinski definition) is 1. The lowest BCUT2D eigenvalue weighted by Gasteiger charge is -2.28. The van der Waals surface area contributed by atoms with Crippen LogP contribution in [0.1, 0.15) is 33.4 Å². The average molecular weight is 329 g/mol. The van der Waals surface area contributed by atoms with E-state index in [1.165, 1.54) is 50.4 Å². The van der Waals surface area contributed by atoms with Gasteiger partial charge in [-0.1, -0.05) is 29.8 Å². The van der Waals surface area contributed by atoms with E-state index in [1.807, 2.05) is 0 Å². The second-order valence-corrected chi connectivity index (χ2v) is 7.16. The summed E-state index contributed by atoms with van der Waals surface area (Å²) in [7, 11) is 0. The van der Waals surface area contributed by atoms with Gasteiger partial charge >= 0.3 is 0 Å². The van der Waals surface area contributed by atoms with E-state index >= 15 is 0 Å². The molecular formula is C24H27N. The van der Waals surface area contributed by atoms with Crippen molar-refractivity contribution in [3.8, 4) is 0 Å². The lowest BCUT2D eigenvalue weighted by molar-refractivity contribution is 1.21. The van der Waals surface area contributed by atoms with Crippen LogP contribution in [0.15, 0.2) is 54.6 Å². The summed E-state index contributed by atoms with van der Waals surface area (Å²) in [6.07, 6.45) is 0. The van der Waals surface area contributed by atoms with Crippen molar-refractivity contribution < 1.29 is 0 Å². The summed E-state index contributed by atoms with van der Waals surface area (Å²) in [6.45, 7) is 13.0. The van der Waals surface area contributed by atoms with E-state index in [1.54, 1.807) is 0 Å². The molecule has 0 heterocycles. The molecule has 0 radical (unpaired) electrons. The number of aryl methyl sites for hydroxylation is 6. The fourth-order valence-corrected chi connectivity index (χ4v) is 3.21. The fraction of sp³-hybridized carbons (Fsp3) is 0.250. The van der Waals surface area contributed by atoms with Gasteiger partial charge in [0.25, 0.3) is 0 Å². The van der Waals surface area contributed by atoms with Gasteiger partial charge in [0.2, 0.25) is 0 Å². The highest BCUT2D eigenvalue weighted by molar-refractivity contribution is 5.79. The van der Waals surface area contributed by atoms with Crippen molar-refractivity contribution in [3.63, 3.8) is 0 Å². The molecule has 1 nitrogen and oxygen atoms in total. The van der Waals surface area contributed by atoms with Gasteiger partial charge in [-0.25, -0.2) is 0 Å². The van der Waals surface area contributed by atoms with Crippen LogP contribution in [-0.2, 0) is 0 Å². The molecule has 0 aromatic heterocycles. The molecule has 0 N–H and O–H groups in total. The third kappa shape index (κ3) is 3.46. The van der Waals surface area contributed by atoms with E-state index in [4.69, 9.17) is 0 Å². The Kier molecular flexibility index (Phi) is 4.67. The number of nitrogens with zero attached hydrogens (tertiary/aromatic N) is 1. The number of rotatable bonds is 3. The molecule has 0 aliphatic carbocycles. The van der Waals surface area contributed by atoms with Crippen LogP contribution in [0.25, 0.3) is 0 Å². The average Bonchev–Trinajstić information content (AvgIpc) is 2.56. The van der Waals surface area contributed by atoms with Crippen LogP contribution in [0.2, 0.25) is 0 Å². The zero-order chi connectivity index (χ0) is 18.1. The SMILES string of the molecule is Cc1ccc(N(c2ccc(C)c(C)c2)c2ccc(C)c(C)c2)c(C)c1. The molecule has 25 heavy (non-hydrogen) atoms. The highest BCUT2D eigenvalue weighted by Gasteiger charge is 2.15. The van der Waals surface area contributed by atoms with Crippen molar-refractivity contribution in [1.29, 1.82) is 0 Å². The third-order valence-corrected chi connectivity index (χ3v) is 5.09. The first-order chi connectivity index (χ1) is 11.9. The maximum Gasteiger partial charge on any atom is 0.0490 e. The Morgan fingerprint density at radius 2 is 1.00 bits per heavy atom. The van der Waals surface area contributed by atoms with Crippen LogP contribution in [-0.4, -0.2) is 0 Å². The van der Waals surface area contributed by atoms with E-state index in [0.29, 0.717) is 0 Å². The van der Waals surface area contributed by atoms with Gasteiger partial charge in [-0.3, -0.25) is 0 Å². The van der Waals surface area contributed by atoms with E-state index in [-0.39, 0.29) is 0 Å². The second-order valence-electron chi connectivity index (χ2n) is 7.16. The number of anilines is 3. The van der Waals surface area contributed by atoms with Crippen molar-refractivity contribution in [2.75, 3.05) is 4.90 Å². The van der Waals surface area contributed by atoms with Gasteiger partial charge in [-0.05, 0) is 99.7 Å². The van der Waals surface area contributed by atoms with Crippen molar-refractivity contribution in [3.05, 3.63) is 88.0 Å². The summed E-state index contributed by atoms with van der Waals surface area (Å²) >= 11 is 0. The quantitative estimate of drug-likeness (QED) is 0.499. The molecule has 0 amide bonds. The predicted octanol–water partition coefficient (Wildman–Crippen LogP) is 7.01. The fourth-order valence-electron chi connectivity index (χ4n) is 3.21. The molecule has 0 spiro atoms. The molecule has 128 valence electrons. The van der Waals surface area contributed by atoms with Crippen molar-refractivity contribution in [2.24, 2.45) is 0 Å². The summed E-state index contributed by atoms with van der Waals surface area (Å²) in [6, 6.07) is 20.1. The monoisotopic (exact) mass is 329 g/mol. The molecule has 0 aliphatic heterocycles. The maximum atomic E-state index is 2.37. The van der Waals surface area contributed by atoms with Gasteiger partial charge in [0, 0.05) is 17.1 Å². The minimum absolute atomic E-state index is 1.21. The van der Waals surface area contributed by atoms with Crippen molar-refractivity contribution in [1.82, 2.24) is 0 Å². The summed E-state index contributed by atoms with van der Waals surface area (Å²) in [5.74, 6) is 0. The first kappa shape index (κ1) is 17.3. The highest BCUT2D eigenvalue weighted by Crippen LogP contribution is 2.38. The Morgan fingerprint density at radius 3 is 1.44 bits per heavy atom. The molecule has 0 saturated carbocycles. The van der Waals surface area contributed by atoms with Crippen LogP contribution in [0.5, 0.6) is 0 Å². The minimum Gasteiger partial charge on any atom is -0.310 e. The third-order valence-electron chi connectivity index (χ3n) is 5.09. The van der Waals surface area contributed by atoms with E-state index < -0.39 is 0 Å². The van der Waals surface area contributed by atoms with Gasteiger partial charge in [-0.15, -0.1) is 0 Å². The molecule has 0 fully saturated rings. The Bertz CT molecular complexity index is 870. The Labute approximate surface area is 151 Å². The van der Waals surface area contributed by atoms with Gasteiger partial charge in [0.05, 0.1) is 0 Å². The van der Waals surface area contributed by atoms with Crippen molar-refractivity contribution >= 4 is 17.1 Å². The molecule has 0 saturated heterocycles. The topological polar surface area (TPSA) is 3.24 Å². The highest BCUT2D eigenvalue weighted by atomic mass is 15.1. The molecule has 0 aliphatic rings. The summed E-state index contributed by atoms with van der Waals surface area (Å²) in [5.41, 5.74) is 11.5. The maximum absolute atomic E-state index is 2.37. The lowest BCUT2D eigenvalue weighted by Crippen LogP contribution is -2.12. The van der Waals surface area contributed by atoms with Gasteiger partial charge in [0.15, 0.2) is 0 Å². The zero-order valence-electron chi connectivity index (χ0n) is 16.1. The normalized spacial score (nSPS) is 10.8. The van der Waals surface area contributed by atoms with Crippen LogP contribution in [0.4, 0.5) is 17.1 Å². The van der Waals surface area contributed by atoms with Crippen LogP contribution >= 0.6 is 0 Å². The van der Waals surface area contributed by atoms with Gasteiger partial charge in [-0.2, -0.15) is 0 Å². The molecule has 3 aromatic rings. The molecule has 3 rings (SSSR count). The molecule has 3 aromatic carbocycles. The van der Waals surface area contributed by atoms with E-state index in [2.05, 4.69) is 101 Å². The molecule has 1 heteroatoms. The predicted molar refractivity (Wildman–Crippen MR) is 110 cm³/mol. The Morgan fingerprint density at radius 1 is 0.480 bits per heavy atom. The molecule has 0 atom stereocenters. The van der Waals surface area contributed by atoms with E-state index in [9.17, 15) is 0 Å². The summed E-state index contributed by atoms with van der Waals surface area (Å²) in [4.78, 5) is 2.37. The van der Waals surface area contributed by atoms with Crippen LogP contribution in [0.3, 0.4) is 0 Å². The van der Waals surface area contributed by atoms with Crippen LogP contribution in [0, 0.1) is 41.5 Å². The summed E-state index contributed by atoms with van der Waals surface area (Å²) < 4.78 is 0. The zero-order valence-corrected chi connectivity index (χ0v) is 16.1. The first-order valence-electron chi connectivity index (χ1n) is 8.88. The van der Waals surface area contributed by atoms with E-state index in [0.717, 1.165) is 0 Å². The Balaban J connectivity index is 2.23. The lowest BCUT2D eigenvalue weighted by atomic mass is 10.0. The van der Waals surface area contributed by atoms with Crippen LogP contribution < -0.4 is 4.90 Å². The minimum atomic E-state index is 1.21. The molecule has 0 unspecified atom stereocenters. The Hall–Kier alpha value is -2.54. The van der Waals surface area contributed by atoms with Gasteiger partial charge < -0.3 is 4.90 Å². The number of benzene rings is 3. The standard InChI is InChI=1S/C24H27N/c1-16-7-12-24(21(6)13-16)25(22-10-8-17(2)19(4)14-22)23-11-9-18(3)20(5)15-23/h7-15H,1-6H3. The molecule has 0 bridgehead atoms. The van der Waals surface area contributed by atoms with Gasteiger partial charge in [0.1, 0.15) is 0 Å². The molecular weight excluding hydrogens is 302 g/mol. The number of hydrogen-bond donors (Lipinski definition) is 0. The first-order valence-corrected chi connectivity index (χ1v) is 8.88. The van der Waals surface area contributed by atoms with Crippen molar-refractivity contribution in [2.45, 2.75) is 41.5 Å². The smallest absolute Gasteiger partial charge is 0.0490 e. The second kappa shape index (κ2) is 6.76. The summed E-state index contributed by atoms with van der Waals surface area (Å²) in [5, 5.41) is 0. The largest absolute Gasteiger partial charge is 0.310 e.